The second-order valence-electron chi connectivity index (χ2n) is 2.85. The molecule has 12 heteroatoms. The zero-order valence-corrected chi connectivity index (χ0v) is 9.11. The van der Waals surface area contributed by atoms with Gasteiger partial charge in [-0.25, -0.2) is 4.39 Å². The van der Waals surface area contributed by atoms with Gasteiger partial charge in [-0.05, 0) is 23.2 Å². The van der Waals surface area contributed by atoms with E-state index in [1.165, 1.54) is 0 Å². The van der Waals surface area contributed by atoms with Crippen molar-refractivity contribution in [3.63, 3.8) is 0 Å². The van der Waals surface area contributed by atoms with Crippen LogP contribution in [-0.2, 0) is 9.59 Å². The van der Waals surface area contributed by atoms with E-state index in [1.54, 1.807) is 0 Å². The fraction of sp³-hybridized carbons (Fsp3) is 0.667. The molecule has 0 unspecified atom stereocenters. The lowest BCUT2D eigenvalue weighted by atomic mass is 9.90. The zero-order chi connectivity index (χ0) is 15.2. The summed E-state index contributed by atoms with van der Waals surface area (Å²) in [5.74, 6) is -12.8. The van der Waals surface area contributed by atoms with Gasteiger partial charge in [0.2, 0.25) is 0 Å². The Bertz CT molecular complexity index is 350. The first kappa shape index (κ1) is 17.4. The molecule has 0 amide bonds. The van der Waals surface area contributed by atoms with Crippen molar-refractivity contribution in [2.45, 2.75) is 23.7 Å². The van der Waals surface area contributed by atoms with E-state index < -0.39 is 34.2 Å². The van der Waals surface area contributed by atoms with Crippen molar-refractivity contribution in [3.05, 3.63) is 0 Å². The van der Waals surface area contributed by atoms with Gasteiger partial charge in [-0.3, -0.25) is 9.59 Å². The average molecular weight is 327 g/mol. The Balaban J connectivity index is 6.27. The third-order valence-corrected chi connectivity index (χ3v) is 2.22. The van der Waals surface area contributed by atoms with Crippen molar-refractivity contribution in [3.8, 4) is 0 Å². The summed E-state index contributed by atoms with van der Waals surface area (Å²) in [4.78, 5) is 20.0. The molecule has 0 fully saturated rings. The van der Waals surface area contributed by atoms with Crippen molar-refractivity contribution in [2.75, 3.05) is 0 Å². The van der Waals surface area contributed by atoms with Gasteiger partial charge >= 0.3 is 23.7 Å². The highest BCUT2D eigenvalue weighted by Gasteiger charge is 2.87. The Labute approximate surface area is 103 Å². The third-order valence-electron chi connectivity index (χ3n) is 1.75. The van der Waals surface area contributed by atoms with E-state index in [9.17, 15) is 44.7 Å². The number of halogens is 10. The van der Waals surface area contributed by atoms with Gasteiger partial charge < -0.3 is 0 Å². The zero-order valence-electron chi connectivity index (χ0n) is 7.60. The molecule has 0 bridgehead atoms. The minimum absolute atomic E-state index is 3.36. The molecule has 18 heavy (non-hydrogen) atoms. The van der Waals surface area contributed by atoms with Gasteiger partial charge in [-0.1, -0.05) is 0 Å². The monoisotopic (exact) mass is 326 g/mol. The molecule has 106 valence electrons. The summed E-state index contributed by atoms with van der Waals surface area (Å²) in [5, 5.41) is -6.72. The Hall–Kier alpha value is -0.640. The Kier molecular flexibility index (Phi) is 4.32. The molecule has 2 nitrogen and oxygen atoms in total. The first-order chi connectivity index (χ1) is 7.64. The Morgan fingerprint density at radius 2 is 0.889 bits per heavy atom. The van der Waals surface area contributed by atoms with Crippen molar-refractivity contribution in [2.24, 2.45) is 0 Å². The fourth-order valence-corrected chi connectivity index (χ4v) is 1.08. The largest absolute Gasteiger partial charge is 0.435 e. The Morgan fingerprint density at radius 1 is 0.667 bits per heavy atom. The van der Waals surface area contributed by atoms with Crippen LogP contribution < -0.4 is 0 Å². The maximum absolute atomic E-state index is 13.1. The number of rotatable bonds is 4. The van der Waals surface area contributed by atoms with Gasteiger partial charge in [0.05, 0.1) is 0 Å². The highest BCUT2D eigenvalue weighted by molar-refractivity contribution is 6.66. The molecule has 0 saturated heterocycles. The minimum atomic E-state index is -6.99. The second kappa shape index (κ2) is 4.48. The van der Waals surface area contributed by atoms with E-state index in [2.05, 4.69) is 23.2 Å². The van der Waals surface area contributed by atoms with Crippen molar-refractivity contribution in [1.29, 1.82) is 0 Å². The molecule has 0 rings (SSSR count). The van der Waals surface area contributed by atoms with Crippen LogP contribution in [0.15, 0.2) is 0 Å². The second-order valence-corrected chi connectivity index (χ2v) is 3.54. The first-order valence-electron chi connectivity index (χ1n) is 3.55. The van der Waals surface area contributed by atoms with E-state index in [-0.39, 0.29) is 0 Å². The third kappa shape index (κ3) is 2.15. The fourth-order valence-electron chi connectivity index (χ4n) is 0.824. The van der Waals surface area contributed by atoms with Gasteiger partial charge in [0.1, 0.15) is 0 Å². The predicted molar refractivity (Wildman–Crippen MR) is 41.5 cm³/mol. The van der Waals surface area contributed by atoms with E-state index in [0.29, 0.717) is 0 Å². The maximum Gasteiger partial charge on any atom is 0.435 e. The molecule has 0 aliphatic heterocycles. The number of hydrogen-bond donors (Lipinski definition) is 0. The summed E-state index contributed by atoms with van der Waals surface area (Å²) in [7, 11) is 0. The molecule has 0 aromatic heterocycles. The van der Waals surface area contributed by atoms with Crippen LogP contribution in [0.25, 0.3) is 0 Å². The van der Waals surface area contributed by atoms with Crippen molar-refractivity contribution in [1.82, 2.24) is 0 Å². The van der Waals surface area contributed by atoms with Crippen LogP contribution in [0, 0.1) is 0 Å². The summed E-state index contributed by atoms with van der Waals surface area (Å²) in [6.45, 7) is 0. The van der Waals surface area contributed by atoms with Crippen LogP contribution in [-0.4, -0.2) is 34.2 Å². The summed E-state index contributed by atoms with van der Waals surface area (Å²) in [6.07, 6.45) is -6.99. The smallest absolute Gasteiger partial charge is 0.274 e. The molecule has 0 aromatic carbocycles. The summed E-state index contributed by atoms with van der Waals surface area (Å²) in [5.41, 5.74) is -6.86. The van der Waals surface area contributed by atoms with Crippen LogP contribution in [0.3, 0.4) is 0 Å². The van der Waals surface area contributed by atoms with E-state index in [1.807, 2.05) is 0 Å². The topological polar surface area (TPSA) is 34.1 Å². The molecule has 0 saturated carbocycles. The molecule has 0 N–H and O–H groups in total. The summed E-state index contributed by atoms with van der Waals surface area (Å²) in [6, 6.07) is 0. The van der Waals surface area contributed by atoms with E-state index in [4.69, 9.17) is 0 Å². The highest BCUT2D eigenvalue weighted by Crippen LogP contribution is 2.55. The van der Waals surface area contributed by atoms with Crippen LogP contribution in [0.2, 0.25) is 0 Å². The molecule has 0 aromatic rings. The van der Waals surface area contributed by atoms with Crippen LogP contribution in [0.5, 0.6) is 0 Å². The van der Waals surface area contributed by atoms with Crippen LogP contribution in [0.1, 0.15) is 0 Å². The van der Waals surface area contributed by atoms with Crippen molar-refractivity contribution < 1.29 is 44.7 Å². The first-order valence-corrected chi connectivity index (χ1v) is 4.30. The number of hydrogen-bond acceptors (Lipinski definition) is 2. The molecule has 0 heterocycles. The van der Waals surface area contributed by atoms with Gasteiger partial charge in [0.15, 0.2) is 0 Å². The molecule has 0 aliphatic rings. The highest BCUT2D eigenvalue weighted by atomic mass is 35.5. The lowest BCUT2D eigenvalue weighted by Crippen LogP contribution is -2.69. The predicted octanol–water partition coefficient (Wildman–Crippen LogP) is 3.06. The lowest BCUT2D eigenvalue weighted by Gasteiger charge is -2.36. The molecule has 0 aliphatic carbocycles. The molecule has 0 atom stereocenters. The van der Waals surface area contributed by atoms with Crippen LogP contribution >= 0.6 is 23.2 Å². The quantitative estimate of drug-likeness (QED) is 0.588. The van der Waals surface area contributed by atoms with Crippen LogP contribution in [0.4, 0.5) is 35.1 Å². The Morgan fingerprint density at radius 3 is 1.00 bits per heavy atom. The number of carbonyl (C=O) groups is 2. The molecule has 0 radical (unpaired) electrons. The van der Waals surface area contributed by atoms with Gasteiger partial charge in [0, 0.05) is 0 Å². The SMILES string of the molecule is O=C(Cl)C(F)(F)C(F)(C(F)(F)F)C(F)(F)C(=O)Cl. The normalized spacial score (nSPS) is 14.6. The molecular weight excluding hydrogens is 327 g/mol. The molecule has 0 spiro atoms. The average Bonchev–Trinajstić information content (AvgIpc) is 2.13. The summed E-state index contributed by atoms with van der Waals surface area (Å²) >= 11 is 7.91. The molecular formula is C6Cl2F8O2. The summed E-state index contributed by atoms with van der Waals surface area (Å²) < 4.78 is 100. The van der Waals surface area contributed by atoms with Gasteiger partial charge in [-0.15, -0.1) is 0 Å². The van der Waals surface area contributed by atoms with Gasteiger partial charge in [-0.2, -0.15) is 30.7 Å². The van der Waals surface area contributed by atoms with Crippen molar-refractivity contribution >= 4 is 33.7 Å². The maximum atomic E-state index is 13.1. The number of alkyl halides is 8. The van der Waals surface area contributed by atoms with E-state index in [0.717, 1.165) is 0 Å². The standard InChI is InChI=1S/C6Cl2F8O2/c7-1(17)3(9,10)5(13,6(14,15)16)4(11,12)2(8)18. The number of carbonyl (C=O) groups excluding carboxylic acids is 2. The van der Waals surface area contributed by atoms with E-state index >= 15 is 0 Å². The lowest BCUT2D eigenvalue weighted by molar-refractivity contribution is -0.343. The van der Waals surface area contributed by atoms with Gasteiger partial charge in [0.25, 0.3) is 10.5 Å². The minimum Gasteiger partial charge on any atom is -0.274 e.